The molecule has 0 spiro atoms. The number of anilines is 1. The molecule has 3 nitrogen and oxygen atoms in total. The van der Waals surface area contributed by atoms with Crippen molar-refractivity contribution in [2.75, 3.05) is 12.0 Å². The zero-order chi connectivity index (χ0) is 8.10. The summed E-state index contributed by atoms with van der Waals surface area (Å²) in [4.78, 5) is 0. The van der Waals surface area contributed by atoms with Crippen LogP contribution in [0, 0.1) is 11.3 Å². The van der Waals surface area contributed by atoms with Crippen LogP contribution in [0.1, 0.15) is 5.56 Å². The lowest BCUT2D eigenvalue weighted by atomic mass is 10.2. The molecule has 1 rings (SSSR count). The van der Waals surface area contributed by atoms with E-state index in [0.717, 1.165) is 5.69 Å². The largest absolute Gasteiger partial charge is 0.372 e. The molecule has 0 heterocycles. The van der Waals surface area contributed by atoms with Crippen molar-refractivity contribution in [2.24, 2.45) is 5.73 Å². The monoisotopic (exact) mass is 147 g/mol. The van der Waals surface area contributed by atoms with Gasteiger partial charge in [0, 0.05) is 0 Å². The van der Waals surface area contributed by atoms with Crippen molar-refractivity contribution in [1.29, 1.82) is 5.26 Å². The van der Waals surface area contributed by atoms with E-state index < -0.39 is 0 Å². The minimum Gasteiger partial charge on any atom is -0.372 e. The molecule has 0 unspecified atom stereocenters. The van der Waals surface area contributed by atoms with Crippen molar-refractivity contribution in [3.05, 3.63) is 29.8 Å². The van der Waals surface area contributed by atoms with Gasteiger partial charge in [-0.1, -0.05) is 12.1 Å². The van der Waals surface area contributed by atoms with Gasteiger partial charge in [-0.2, -0.15) is 5.26 Å². The number of hydrogen-bond donors (Lipinski definition) is 2. The highest BCUT2D eigenvalue weighted by atomic mass is 15.0. The fraction of sp³-hybridized carbons (Fsp3) is 0.125. The molecule has 0 aliphatic carbocycles. The fourth-order valence-electron chi connectivity index (χ4n) is 0.845. The third-order valence-electron chi connectivity index (χ3n) is 1.34. The molecule has 3 N–H and O–H groups in total. The van der Waals surface area contributed by atoms with Gasteiger partial charge in [-0.3, -0.25) is 0 Å². The average molecular weight is 147 g/mol. The topological polar surface area (TPSA) is 61.8 Å². The first-order valence-electron chi connectivity index (χ1n) is 3.31. The maximum atomic E-state index is 8.61. The van der Waals surface area contributed by atoms with E-state index in [1.165, 1.54) is 0 Å². The van der Waals surface area contributed by atoms with Crippen molar-refractivity contribution in [1.82, 2.24) is 0 Å². The lowest BCUT2D eigenvalue weighted by molar-refractivity contribution is 1.14. The third kappa shape index (κ3) is 1.69. The molecular weight excluding hydrogens is 138 g/mol. The third-order valence-corrected chi connectivity index (χ3v) is 1.34. The number of benzene rings is 1. The molecule has 0 aliphatic heterocycles. The molecular formula is C8H9N3. The Balaban J connectivity index is 2.95. The number of hydrogen-bond acceptors (Lipinski definition) is 3. The standard InChI is InChI=1S/C8H9N3/c9-5-7-3-1-2-4-8(7)11-6-10/h1-4,11H,6,10H2. The van der Waals surface area contributed by atoms with Gasteiger partial charge in [0.15, 0.2) is 0 Å². The van der Waals surface area contributed by atoms with Gasteiger partial charge >= 0.3 is 0 Å². The summed E-state index contributed by atoms with van der Waals surface area (Å²) < 4.78 is 0. The Morgan fingerprint density at radius 1 is 1.45 bits per heavy atom. The Labute approximate surface area is 65.4 Å². The first kappa shape index (κ1) is 7.58. The number of rotatable bonds is 2. The molecule has 0 radical (unpaired) electrons. The average Bonchev–Trinajstić information content (AvgIpc) is 2.06. The highest BCUT2D eigenvalue weighted by molar-refractivity contribution is 5.56. The first-order valence-corrected chi connectivity index (χ1v) is 3.31. The maximum Gasteiger partial charge on any atom is 0.101 e. The van der Waals surface area contributed by atoms with Crippen LogP contribution in [0.2, 0.25) is 0 Å². The van der Waals surface area contributed by atoms with Crippen molar-refractivity contribution in [2.45, 2.75) is 0 Å². The maximum absolute atomic E-state index is 8.61. The predicted octanol–water partition coefficient (Wildman–Crippen LogP) is 0.886. The Morgan fingerprint density at radius 3 is 2.82 bits per heavy atom. The van der Waals surface area contributed by atoms with E-state index >= 15 is 0 Å². The molecule has 0 bridgehead atoms. The summed E-state index contributed by atoms with van der Waals surface area (Å²) in [5.41, 5.74) is 6.68. The van der Waals surface area contributed by atoms with Gasteiger partial charge in [-0.15, -0.1) is 0 Å². The van der Waals surface area contributed by atoms with Crippen molar-refractivity contribution in [3.63, 3.8) is 0 Å². The van der Waals surface area contributed by atoms with Gasteiger partial charge < -0.3 is 11.1 Å². The van der Waals surface area contributed by atoms with Gasteiger partial charge in [0.05, 0.1) is 17.9 Å². The van der Waals surface area contributed by atoms with Crippen molar-refractivity contribution in [3.8, 4) is 6.07 Å². The number of nitrogens with zero attached hydrogens (tertiary/aromatic N) is 1. The molecule has 0 aromatic heterocycles. The second-order valence-corrected chi connectivity index (χ2v) is 2.04. The molecule has 3 heteroatoms. The summed E-state index contributed by atoms with van der Waals surface area (Å²) in [7, 11) is 0. The zero-order valence-corrected chi connectivity index (χ0v) is 6.04. The van der Waals surface area contributed by atoms with Gasteiger partial charge in [0.1, 0.15) is 6.07 Å². The van der Waals surface area contributed by atoms with Gasteiger partial charge in [0.2, 0.25) is 0 Å². The van der Waals surface area contributed by atoms with E-state index in [1.54, 1.807) is 6.07 Å². The van der Waals surface area contributed by atoms with Gasteiger partial charge in [-0.25, -0.2) is 0 Å². The Bertz CT molecular complexity index is 275. The number of nitriles is 1. The molecule has 0 amide bonds. The summed E-state index contributed by atoms with van der Waals surface area (Å²) in [6, 6.07) is 9.31. The summed E-state index contributed by atoms with van der Waals surface area (Å²) >= 11 is 0. The van der Waals surface area contributed by atoms with E-state index in [9.17, 15) is 0 Å². The van der Waals surface area contributed by atoms with Crippen LogP contribution in [0.15, 0.2) is 24.3 Å². The van der Waals surface area contributed by atoms with E-state index in [4.69, 9.17) is 11.0 Å². The molecule has 56 valence electrons. The van der Waals surface area contributed by atoms with Crippen LogP contribution in [0.5, 0.6) is 0 Å². The van der Waals surface area contributed by atoms with Crippen LogP contribution in [0.4, 0.5) is 5.69 Å². The van der Waals surface area contributed by atoms with Gasteiger partial charge in [0.25, 0.3) is 0 Å². The van der Waals surface area contributed by atoms with Crippen molar-refractivity contribution >= 4 is 5.69 Å². The molecule has 0 saturated heterocycles. The van der Waals surface area contributed by atoms with Crippen molar-refractivity contribution < 1.29 is 0 Å². The minimum absolute atomic E-state index is 0.346. The summed E-state index contributed by atoms with van der Waals surface area (Å²) in [5.74, 6) is 0. The minimum atomic E-state index is 0.346. The quantitative estimate of drug-likeness (QED) is 0.610. The number of nitrogens with two attached hydrogens (primary N) is 1. The lowest BCUT2D eigenvalue weighted by Gasteiger charge is -2.03. The Kier molecular flexibility index (Phi) is 2.47. The first-order chi connectivity index (χ1) is 5.38. The second kappa shape index (κ2) is 3.59. The number of nitrogens with one attached hydrogen (secondary N) is 1. The molecule has 0 aliphatic rings. The Morgan fingerprint density at radius 2 is 2.18 bits per heavy atom. The molecule has 1 aromatic rings. The molecule has 0 atom stereocenters. The summed E-state index contributed by atoms with van der Waals surface area (Å²) in [6.07, 6.45) is 0. The zero-order valence-electron chi connectivity index (χ0n) is 6.04. The van der Waals surface area contributed by atoms with Crippen LogP contribution in [-0.2, 0) is 0 Å². The van der Waals surface area contributed by atoms with E-state index in [-0.39, 0.29) is 0 Å². The van der Waals surface area contributed by atoms with E-state index in [2.05, 4.69) is 11.4 Å². The Hall–Kier alpha value is -1.53. The van der Waals surface area contributed by atoms with Crippen LogP contribution < -0.4 is 11.1 Å². The predicted molar refractivity (Wildman–Crippen MR) is 43.8 cm³/mol. The van der Waals surface area contributed by atoms with Crippen LogP contribution in [0.3, 0.4) is 0 Å². The van der Waals surface area contributed by atoms with Gasteiger partial charge in [-0.05, 0) is 12.1 Å². The summed E-state index contributed by atoms with van der Waals surface area (Å²) in [5, 5.41) is 11.5. The second-order valence-electron chi connectivity index (χ2n) is 2.04. The number of para-hydroxylation sites is 1. The molecule has 1 aromatic carbocycles. The summed E-state index contributed by atoms with van der Waals surface area (Å²) in [6.45, 7) is 0.346. The van der Waals surface area contributed by atoms with E-state index in [0.29, 0.717) is 12.2 Å². The highest BCUT2D eigenvalue weighted by Crippen LogP contribution is 2.11. The smallest absolute Gasteiger partial charge is 0.101 e. The SMILES string of the molecule is N#Cc1ccccc1NCN. The van der Waals surface area contributed by atoms with E-state index in [1.807, 2.05) is 18.2 Å². The fourth-order valence-corrected chi connectivity index (χ4v) is 0.845. The molecule has 11 heavy (non-hydrogen) atoms. The molecule has 0 fully saturated rings. The normalized spacial score (nSPS) is 8.73. The van der Waals surface area contributed by atoms with Crippen LogP contribution in [0.25, 0.3) is 0 Å². The molecule has 0 saturated carbocycles. The van der Waals surface area contributed by atoms with Crippen LogP contribution in [-0.4, -0.2) is 6.67 Å². The highest BCUT2D eigenvalue weighted by Gasteiger charge is 1.95. The van der Waals surface area contributed by atoms with Crippen LogP contribution >= 0.6 is 0 Å². The lowest BCUT2D eigenvalue weighted by Crippen LogP contribution is -2.11.